The Morgan fingerprint density at radius 2 is 1.88 bits per heavy atom. The third-order valence-electron chi connectivity index (χ3n) is 5.41. The van der Waals surface area contributed by atoms with Crippen molar-refractivity contribution in [2.75, 3.05) is 6.54 Å². The van der Waals surface area contributed by atoms with Gasteiger partial charge in [0.05, 0.1) is 16.5 Å². The van der Waals surface area contributed by atoms with Crippen LogP contribution < -0.4 is 5.32 Å². The van der Waals surface area contributed by atoms with Crippen molar-refractivity contribution in [2.24, 2.45) is 5.92 Å². The Balaban J connectivity index is 1.98. The molecule has 0 saturated carbocycles. The fourth-order valence-corrected chi connectivity index (χ4v) is 3.65. The quantitative estimate of drug-likeness (QED) is 0.475. The number of nitrogens with zero attached hydrogens (tertiary/aromatic N) is 1. The number of halogens is 3. The number of nitrogens with one attached hydrogen (secondary N) is 1. The number of amides is 1. The highest BCUT2D eigenvalue weighted by atomic mass is 35.5. The molecule has 174 valence electrons. The molecule has 0 bridgehead atoms. The van der Waals surface area contributed by atoms with Gasteiger partial charge in [0.15, 0.2) is 11.6 Å². The number of aromatic nitrogens is 1. The van der Waals surface area contributed by atoms with E-state index in [0.29, 0.717) is 11.3 Å². The number of aryl methyl sites for hydroxylation is 1. The van der Waals surface area contributed by atoms with Gasteiger partial charge in [0.1, 0.15) is 5.82 Å². The first-order chi connectivity index (χ1) is 15.5. The lowest BCUT2D eigenvalue weighted by atomic mass is 10.0. The molecule has 3 N–H and O–H groups in total. The lowest BCUT2D eigenvalue weighted by molar-refractivity contribution is -0.141. The molecule has 1 aromatic heterocycles. The van der Waals surface area contributed by atoms with Gasteiger partial charge in [-0.05, 0) is 49.2 Å². The Hall–Kier alpha value is -3.46. The molecule has 3 rings (SSSR count). The van der Waals surface area contributed by atoms with Crippen LogP contribution in [0.15, 0.2) is 30.3 Å². The normalized spacial score (nSPS) is 12.0. The summed E-state index contributed by atoms with van der Waals surface area (Å²) in [5.74, 6) is -5.26. The molecule has 0 aliphatic rings. The average molecular weight is 479 g/mol. The molecule has 1 atom stereocenters. The van der Waals surface area contributed by atoms with Crippen LogP contribution in [0.4, 0.5) is 8.78 Å². The second kappa shape index (κ2) is 9.58. The molecule has 0 unspecified atom stereocenters. The molecule has 1 heterocycles. The fourth-order valence-electron chi connectivity index (χ4n) is 3.53. The maximum Gasteiger partial charge on any atom is 0.308 e. The minimum Gasteiger partial charge on any atom is -0.505 e. The Labute approximate surface area is 192 Å². The number of carboxylic acids is 1. The first kappa shape index (κ1) is 24.2. The van der Waals surface area contributed by atoms with E-state index in [9.17, 15) is 28.3 Å². The summed E-state index contributed by atoms with van der Waals surface area (Å²) >= 11 is 5.69. The Morgan fingerprint density at radius 1 is 1.18 bits per heavy atom. The van der Waals surface area contributed by atoms with Crippen LogP contribution >= 0.6 is 11.6 Å². The summed E-state index contributed by atoms with van der Waals surface area (Å²) < 4.78 is 30.0. The molecule has 7 nitrogen and oxygen atoms in total. The summed E-state index contributed by atoms with van der Waals surface area (Å²) in [4.78, 5) is 36.3. The zero-order valence-corrected chi connectivity index (χ0v) is 18.5. The lowest BCUT2D eigenvalue weighted by Gasteiger charge is -2.09. The minimum absolute atomic E-state index is 0.0164. The highest BCUT2D eigenvalue weighted by Crippen LogP contribution is 2.34. The number of phenols is 1. The van der Waals surface area contributed by atoms with Crippen molar-refractivity contribution in [1.29, 1.82) is 0 Å². The van der Waals surface area contributed by atoms with Gasteiger partial charge < -0.3 is 15.5 Å². The molecule has 0 spiro atoms. The topological polar surface area (TPSA) is 109 Å². The van der Waals surface area contributed by atoms with Gasteiger partial charge in [-0.3, -0.25) is 19.0 Å². The van der Waals surface area contributed by atoms with Gasteiger partial charge in [-0.15, -0.1) is 0 Å². The van der Waals surface area contributed by atoms with E-state index in [1.807, 2.05) is 0 Å². The number of rotatable bonds is 7. The van der Waals surface area contributed by atoms with E-state index in [-0.39, 0.29) is 40.9 Å². The molecule has 0 aliphatic heterocycles. The molecule has 2 aromatic carbocycles. The molecule has 0 saturated heterocycles. The number of aliphatic carboxylic acids is 1. The first-order valence-electron chi connectivity index (χ1n) is 10.0. The van der Waals surface area contributed by atoms with E-state index in [4.69, 9.17) is 16.7 Å². The third kappa shape index (κ3) is 4.83. The first-order valence-corrected chi connectivity index (χ1v) is 10.4. The average Bonchev–Trinajstić information content (AvgIpc) is 3.06. The van der Waals surface area contributed by atoms with Crippen LogP contribution in [0.3, 0.4) is 0 Å². The number of carboxylic acid groups (broad SMARTS) is 1. The zero-order chi connectivity index (χ0) is 24.4. The van der Waals surface area contributed by atoms with E-state index in [2.05, 4.69) is 5.32 Å². The Bertz CT molecular complexity index is 1270. The molecular weight excluding hydrogens is 458 g/mol. The SMILES string of the molecule is Cc1c(CCC(=O)NC[C@H](C)C(=O)O)c2c(F)c(O)ccc2n1C(=O)c1ccc(Cl)c(F)c1. The van der Waals surface area contributed by atoms with Gasteiger partial charge in [-0.2, -0.15) is 0 Å². The van der Waals surface area contributed by atoms with Crippen molar-refractivity contribution < 1.29 is 33.4 Å². The standard InChI is InChI=1S/C23H21ClF2N2O5/c1-11(23(32)33)10-27-19(30)8-4-14-12(2)28(17-6-7-18(29)21(26)20(14)17)22(31)13-3-5-15(24)16(25)9-13/h3,5-7,9,11,29H,4,8,10H2,1-2H3,(H,27,30)(H,32,33)/t11-/m0/s1. The van der Waals surface area contributed by atoms with Crippen molar-refractivity contribution in [3.63, 3.8) is 0 Å². The third-order valence-corrected chi connectivity index (χ3v) is 5.72. The lowest BCUT2D eigenvalue weighted by Crippen LogP contribution is -2.31. The molecule has 3 aromatic rings. The van der Waals surface area contributed by atoms with Crippen molar-refractivity contribution in [2.45, 2.75) is 26.7 Å². The molecule has 0 aliphatic carbocycles. The molecule has 33 heavy (non-hydrogen) atoms. The van der Waals surface area contributed by atoms with Crippen molar-refractivity contribution in [1.82, 2.24) is 9.88 Å². The fraction of sp³-hybridized carbons (Fsp3) is 0.261. The van der Waals surface area contributed by atoms with Crippen molar-refractivity contribution >= 4 is 40.3 Å². The molecule has 0 radical (unpaired) electrons. The van der Waals surface area contributed by atoms with Crippen molar-refractivity contribution in [3.8, 4) is 5.75 Å². The van der Waals surface area contributed by atoms with Gasteiger partial charge >= 0.3 is 5.97 Å². The number of carbonyl (C=O) groups excluding carboxylic acids is 2. The van der Waals surface area contributed by atoms with Crippen LogP contribution in [0.1, 0.15) is 35.0 Å². The van der Waals surface area contributed by atoms with Gasteiger partial charge in [0.25, 0.3) is 5.91 Å². The van der Waals surface area contributed by atoms with Gasteiger partial charge in [-0.1, -0.05) is 18.5 Å². The second-order valence-corrected chi connectivity index (χ2v) is 8.08. The number of hydrogen-bond acceptors (Lipinski definition) is 4. The van der Waals surface area contributed by atoms with E-state index < -0.39 is 41.1 Å². The number of hydrogen-bond donors (Lipinski definition) is 3. The van der Waals surface area contributed by atoms with Crippen LogP contribution in [0.25, 0.3) is 10.9 Å². The highest BCUT2D eigenvalue weighted by Gasteiger charge is 2.24. The van der Waals surface area contributed by atoms with Crippen LogP contribution in [0.5, 0.6) is 5.75 Å². The Morgan fingerprint density at radius 3 is 2.52 bits per heavy atom. The summed E-state index contributed by atoms with van der Waals surface area (Å²) in [7, 11) is 0. The summed E-state index contributed by atoms with van der Waals surface area (Å²) in [5, 5.41) is 21.1. The highest BCUT2D eigenvalue weighted by molar-refractivity contribution is 6.30. The number of phenolic OH excluding ortho intramolecular Hbond substituents is 1. The predicted octanol–water partition coefficient (Wildman–Crippen LogP) is 4.04. The van der Waals surface area contributed by atoms with Gasteiger partial charge in [0.2, 0.25) is 5.91 Å². The minimum atomic E-state index is -1.05. The second-order valence-electron chi connectivity index (χ2n) is 7.67. The number of aromatic hydroxyl groups is 1. The smallest absolute Gasteiger partial charge is 0.308 e. The van der Waals surface area contributed by atoms with Crippen LogP contribution in [-0.2, 0) is 16.0 Å². The van der Waals surface area contributed by atoms with E-state index >= 15 is 0 Å². The van der Waals surface area contributed by atoms with Gasteiger partial charge in [0, 0.05) is 29.6 Å². The van der Waals surface area contributed by atoms with E-state index in [1.54, 1.807) is 6.92 Å². The summed E-state index contributed by atoms with van der Waals surface area (Å²) in [6.07, 6.45) is -0.0869. The maximum atomic E-state index is 14.9. The maximum absolute atomic E-state index is 14.9. The number of fused-ring (bicyclic) bond motifs is 1. The van der Waals surface area contributed by atoms with E-state index in [1.165, 1.54) is 29.7 Å². The number of benzene rings is 2. The molecule has 1 amide bonds. The molecule has 10 heteroatoms. The molecular formula is C23H21ClF2N2O5. The Kier molecular flexibility index (Phi) is 7.02. The van der Waals surface area contributed by atoms with Crippen LogP contribution in [0.2, 0.25) is 5.02 Å². The largest absolute Gasteiger partial charge is 0.505 e. The van der Waals surface area contributed by atoms with Crippen LogP contribution in [0, 0.1) is 24.5 Å². The zero-order valence-electron chi connectivity index (χ0n) is 17.8. The van der Waals surface area contributed by atoms with E-state index in [0.717, 1.165) is 12.1 Å². The summed E-state index contributed by atoms with van der Waals surface area (Å²) in [6, 6.07) is 6.02. The summed E-state index contributed by atoms with van der Waals surface area (Å²) in [6.45, 7) is 2.94. The van der Waals surface area contributed by atoms with Crippen molar-refractivity contribution in [3.05, 3.63) is 63.8 Å². The molecule has 0 fully saturated rings. The monoisotopic (exact) mass is 478 g/mol. The van der Waals surface area contributed by atoms with Crippen LogP contribution in [-0.4, -0.2) is 39.1 Å². The summed E-state index contributed by atoms with van der Waals surface area (Å²) in [5.41, 5.74) is 0.777. The predicted molar refractivity (Wildman–Crippen MR) is 118 cm³/mol. The number of carbonyl (C=O) groups is 3. The van der Waals surface area contributed by atoms with Gasteiger partial charge in [-0.25, -0.2) is 8.78 Å².